The molecule has 19 rings (SSSR count). The molecule has 60 heavy (non-hydrogen) atoms. The van der Waals surface area contributed by atoms with Crippen LogP contribution in [-0.4, -0.2) is 0 Å². The fraction of sp³-hybridized carbons (Fsp3) is 0.0333. The standard InChI is InChI=1S/C60H26/c1-2-8-26-25(7-1)31-13-19-37-39-21-15-33-27-9-3-4-10-28(27)35-17-23-41-42-24-18-36-30-12-6-5-11-29(30)34-16-22-40-38-20-14-32(26)44-43(31)49(37)55-56(50(38)44)58-52(40)47(34)48(36)54(42)60(58)59-53(41)46(35)45(33)51(39)57(55)59/h1-24,43,49H. The van der Waals surface area contributed by atoms with Crippen molar-refractivity contribution < 1.29 is 0 Å². The fourth-order valence-corrected chi connectivity index (χ4v) is 15.1. The number of hydrogen-bond acceptors (Lipinski definition) is 0. The highest BCUT2D eigenvalue weighted by Gasteiger charge is 2.48. The molecule has 0 aromatic heterocycles. The molecule has 0 heterocycles. The second kappa shape index (κ2) is 8.46. The highest BCUT2D eigenvalue weighted by Crippen LogP contribution is 2.70. The zero-order valence-electron chi connectivity index (χ0n) is 32.0. The molecule has 0 amide bonds. The number of fused-ring (bicyclic) bond motifs is 12. The van der Waals surface area contributed by atoms with E-state index in [1.165, 1.54) is 173 Å². The third-order valence-electron chi connectivity index (χ3n) is 16.9. The van der Waals surface area contributed by atoms with E-state index >= 15 is 0 Å². The van der Waals surface area contributed by atoms with Crippen LogP contribution >= 0.6 is 0 Å². The molecule has 0 spiro atoms. The molecule has 0 fully saturated rings. The van der Waals surface area contributed by atoms with E-state index < -0.39 is 0 Å². The molecule has 0 aliphatic heterocycles. The van der Waals surface area contributed by atoms with Crippen LogP contribution in [0.1, 0.15) is 34.1 Å². The summed E-state index contributed by atoms with van der Waals surface area (Å²) in [5.41, 5.74) is 11.8. The monoisotopic (exact) mass is 746 g/mol. The molecular weight excluding hydrogens is 721 g/mol. The molecule has 0 bridgehead atoms. The zero-order valence-corrected chi connectivity index (χ0v) is 32.0. The first-order valence-corrected chi connectivity index (χ1v) is 21.7. The van der Waals surface area contributed by atoms with Gasteiger partial charge < -0.3 is 0 Å². The van der Waals surface area contributed by atoms with Crippen LogP contribution in [-0.2, 0) is 0 Å². The smallest absolute Gasteiger partial charge is 0.0218 e. The van der Waals surface area contributed by atoms with Crippen LogP contribution in [0.3, 0.4) is 0 Å². The Kier molecular flexibility index (Phi) is 3.94. The lowest BCUT2D eigenvalue weighted by Crippen LogP contribution is -2.26. The summed E-state index contributed by atoms with van der Waals surface area (Å²) in [5, 5.41) is 37.4. The lowest BCUT2D eigenvalue weighted by atomic mass is 9.56. The van der Waals surface area contributed by atoms with Crippen molar-refractivity contribution in [1.82, 2.24) is 0 Å². The number of hydrogen-bond donors (Lipinski definition) is 0. The molecule has 0 saturated heterocycles. The average molecular weight is 747 g/mol. The highest BCUT2D eigenvalue weighted by molar-refractivity contribution is 6.59. The largest absolute Gasteiger partial charge is 0.0616 e. The Labute approximate surface area is 340 Å². The van der Waals surface area contributed by atoms with Gasteiger partial charge in [-0.1, -0.05) is 146 Å². The Morgan fingerprint density at radius 3 is 1.10 bits per heavy atom. The molecule has 266 valence electrons. The van der Waals surface area contributed by atoms with E-state index in [0.717, 1.165) is 0 Å². The van der Waals surface area contributed by atoms with Gasteiger partial charge >= 0.3 is 0 Å². The third-order valence-corrected chi connectivity index (χ3v) is 16.9. The second-order valence-electron chi connectivity index (χ2n) is 18.7. The summed E-state index contributed by atoms with van der Waals surface area (Å²) in [7, 11) is 0. The number of benzene rings is 15. The molecule has 4 aliphatic rings. The molecule has 15 aromatic carbocycles. The Bertz CT molecular complexity index is 4740. The number of rotatable bonds is 0. The van der Waals surface area contributed by atoms with Crippen molar-refractivity contribution in [1.29, 1.82) is 0 Å². The van der Waals surface area contributed by atoms with Crippen LogP contribution in [0.4, 0.5) is 0 Å². The van der Waals surface area contributed by atoms with Crippen molar-refractivity contribution >= 4 is 151 Å². The molecule has 0 saturated carbocycles. The van der Waals surface area contributed by atoms with Crippen molar-refractivity contribution in [3.63, 3.8) is 0 Å². The molecule has 0 N–H and O–H groups in total. The minimum atomic E-state index is 0.233. The van der Waals surface area contributed by atoms with Gasteiger partial charge in [0.1, 0.15) is 0 Å². The minimum Gasteiger partial charge on any atom is -0.0616 e. The highest BCUT2D eigenvalue weighted by atomic mass is 14.5. The topological polar surface area (TPSA) is 0 Å². The molecule has 0 nitrogen and oxygen atoms in total. The van der Waals surface area contributed by atoms with Gasteiger partial charge in [0, 0.05) is 11.8 Å². The lowest BCUT2D eigenvalue weighted by molar-refractivity contribution is 0.768. The van der Waals surface area contributed by atoms with Gasteiger partial charge in [0.2, 0.25) is 0 Å². The molecule has 15 aromatic rings. The maximum atomic E-state index is 2.55. The minimum absolute atomic E-state index is 0.233. The van der Waals surface area contributed by atoms with Gasteiger partial charge in [-0.3, -0.25) is 0 Å². The molecular formula is C60H26. The average Bonchev–Trinajstić information content (AvgIpc) is 3.31. The van der Waals surface area contributed by atoms with E-state index in [1.807, 2.05) is 0 Å². The van der Waals surface area contributed by atoms with Gasteiger partial charge in [0.15, 0.2) is 0 Å². The van der Waals surface area contributed by atoms with E-state index in [9.17, 15) is 0 Å². The molecule has 4 aliphatic carbocycles. The summed E-state index contributed by atoms with van der Waals surface area (Å²) in [5.74, 6) is 0.487. The van der Waals surface area contributed by atoms with Gasteiger partial charge in [-0.25, -0.2) is 0 Å². The summed E-state index contributed by atoms with van der Waals surface area (Å²) in [6.45, 7) is 0. The van der Waals surface area contributed by atoms with Crippen LogP contribution in [0.5, 0.6) is 0 Å². The van der Waals surface area contributed by atoms with E-state index in [-0.39, 0.29) is 11.8 Å². The Morgan fingerprint density at radius 2 is 0.550 bits per heavy atom. The van der Waals surface area contributed by atoms with Crippen molar-refractivity contribution in [3.05, 3.63) is 168 Å². The van der Waals surface area contributed by atoms with Crippen LogP contribution in [0, 0.1) is 0 Å². The SMILES string of the molecule is C1=C2c3ccccc3-c3ccc4c5ccc6c7ccccc7c7ccc8c9ccc%10c%11ccccc%11c%11ccc%12c%13c%14c%15c(c4c3C2C%15C%12=C1)c1c5c6c7c8c1c%14c9c%10c%11%13. The predicted molar refractivity (Wildman–Crippen MR) is 257 cm³/mol. The maximum absolute atomic E-state index is 2.55. The van der Waals surface area contributed by atoms with Crippen LogP contribution < -0.4 is 0 Å². The molecule has 2 atom stereocenters. The summed E-state index contributed by atoms with van der Waals surface area (Å²) >= 11 is 0. The van der Waals surface area contributed by atoms with E-state index in [0.29, 0.717) is 0 Å². The van der Waals surface area contributed by atoms with Crippen molar-refractivity contribution in [2.45, 2.75) is 11.8 Å². The third kappa shape index (κ3) is 2.47. The van der Waals surface area contributed by atoms with E-state index in [1.54, 1.807) is 11.1 Å². The van der Waals surface area contributed by atoms with Gasteiger partial charge in [-0.2, -0.15) is 0 Å². The fourth-order valence-electron chi connectivity index (χ4n) is 15.1. The van der Waals surface area contributed by atoms with Gasteiger partial charge in [-0.15, -0.1) is 0 Å². The Morgan fingerprint density at radius 1 is 0.200 bits per heavy atom. The van der Waals surface area contributed by atoms with Gasteiger partial charge in [-0.05, 0) is 185 Å². The van der Waals surface area contributed by atoms with Crippen LogP contribution in [0.25, 0.3) is 162 Å². The maximum Gasteiger partial charge on any atom is 0.0218 e. The van der Waals surface area contributed by atoms with Gasteiger partial charge in [0.25, 0.3) is 0 Å². The number of allylic oxidation sites excluding steroid dienone is 4. The van der Waals surface area contributed by atoms with Crippen LogP contribution in [0.2, 0.25) is 0 Å². The first kappa shape index (κ1) is 28.0. The second-order valence-corrected chi connectivity index (χ2v) is 18.7. The lowest BCUT2D eigenvalue weighted by Gasteiger charge is -2.46. The zero-order chi connectivity index (χ0) is 37.8. The summed E-state index contributed by atoms with van der Waals surface area (Å²) < 4.78 is 0. The quantitative estimate of drug-likeness (QED) is 0.107. The van der Waals surface area contributed by atoms with E-state index in [4.69, 9.17) is 0 Å². The normalized spacial score (nSPS) is 17.9. The molecule has 2 unspecified atom stereocenters. The van der Waals surface area contributed by atoms with Crippen molar-refractivity contribution in [2.24, 2.45) is 0 Å². The first-order valence-electron chi connectivity index (χ1n) is 21.7. The molecule has 0 radical (unpaired) electrons. The van der Waals surface area contributed by atoms with Crippen LogP contribution in [0.15, 0.2) is 146 Å². The van der Waals surface area contributed by atoms with Gasteiger partial charge in [0.05, 0.1) is 0 Å². The first-order chi connectivity index (χ1) is 29.8. The summed E-state index contributed by atoms with van der Waals surface area (Å²) in [4.78, 5) is 0. The Balaban J connectivity index is 1.26. The summed E-state index contributed by atoms with van der Waals surface area (Å²) in [6.07, 6.45) is 5.07. The molecule has 0 heteroatoms. The summed E-state index contributed by atoms with van der Waals surface area (Å²) in [6, 6.07) is 52.6. The predicted octanol–water partition coefficient (Wildman–Crippen LogP) is 16.5. The van der Waals surface area contributed by atoms with Crippen molar-refractivity contribution in [2.75, 3.05) is 0 Å². The van der Waals surface area contributed by atoms with E-state index in [2.05, 4.69) is 146 Å². The van der Waals surface area contributed by atoms with Crippen molar-refractivity contribution in [3.8, 4) is 11.1 Å². The Hall–Kier alpha value is -7.54.